The number of nitrogens with zero attached hydrogens (tertiary/aromatic N) is 2. The molecule has 0 bridgehead atoms. The van der Waals surface area contributed by atoms with Crippen LogP contribution in [0.1, 0.15) is 0 Å². The maximum Gasteiger partial charge on any atom is 0.141 e. The summed E-state index contributed by atoms with van der Waals surface area (Å²) < 4.78 is 7.70. The van der Waals surface area contributed by atoms with Crippen LogP contribution in [0, 0.1) is 0 Å². The Morgan fingerprint density at radius 3 is 2.12 bits per heavy atom. The first-order chi connectivity index (χ1) is 11.8. The second-order valence-electron chi connectivity index (χ2n) is 5.73. The summed E-state index contributed by atoms with van der Waals surface area (Å²) in [6, 6.07) is 24.6. The molecule has 1 heterocycles. The summed E-state index contributed by atoms with van der Waals surface area (Å²) in [5, 5.41) is 0. The minimum absolute atomic E-state index is 0.865. The van der Waals surface area contributed by atoms with Gasteiger partial charge in [0.1, 0.15) is 11.6 Å². The summed E-state index contributed by atoms with van der Waals surface area (Å²) in [7, 11) is 3.76. The fourth-order valence-electron chi connectivity index (χ4n) is 3.17. The van der Waals surface area contributed by atoms with E-state index in [4.69, 9.17) is 9.72 Å². The van der Waals surface area contributed by atoms with E-state index in [9.17, 15) is 0 Å². The van der Waals surface area contributed by atoms with Gasteiger partial charge < -0.3 is 9.30 Å². The van der Waals surface area contributed by atoms with Gasteiger partial charge in [0.15, 0.2) is 0 Å². The number of benzene rings is 3. The lowest BCUT2D eigenvalue weighted by Gasteiger charge is -2.13. The van der Waals surface area contributed by atoms with Gasteiger partial charge in [-0.1, -0.05) is 54.6 Å². The Hall–Kier alpha value is -3.07. The first kappa shape index (κ1) is 14.5. The fraction of sp³-hybridized carbons (Fsp3) is 0.0952. The number of fused-ring (bicyclic) bond motifs is 1. The number of imidazole rings is 1. The van der Waals surface area contributed by atoms with Crippen molar-refractivity contribution in [3.63, 3.8) is 0 Å². The molecule has 0 aliphatic heterocycles. The molecular formula is C21H18N2O. The molecule has 3 nitrogen and oxygen atoms in total. The molecule has 118 valence electrons. The zero-order chi connectivity index (χ0) is 16.5. The highest BCUT2D eigenvalue weighted by Crippen LogP contribution is 2.37. The van der Waals surface area contributed by atoms with Gasteiger partial charge in [0.2, 0.25) is 0 Å². The van der Waals surface area contributed by atoms with E-state index in [1.807, 2.05) is 48.5 Å². The van der Waals surface area contributed by atoms with Crippen molar-refractivity contribution in [3.8, 4) is 28.3 Å². The molecule has 24 heavy (non-hydrogen) atoms. The molecule has 0 spiro atoms. The van der Waals surface area contributed by atoms with Crippen LogP contribution in [0.5, 0.6) is 5.75 Å². The molecule has 0 atom stereocenters. The lowest BCUT2D eigenvalue weighted by molar-refractivity contribution is 0.416. The molecule has 0 unspecified atom stereocenters. The number of aromatic nitrogens is 2. The van der Waals surface area contributed by atoms with Crippen molar-refractivity contribution in [2.24, 2.45) is 7.05 Å². The van der Waals surface area contributed by atoms with Crippen LogP contribution in [0.2, 0.25) is 0 Å². The third-order valence-electron chi connectivity index (χ3n) is 4.35. The molecule has 0 radical (unpaired) electrons. The summed E-state index contributed by atoms with van der Waals surface area (Å²) >= 11 is 0. The largest absolute Gasteiger partial charge is 0.496 e. The summed E-state index contributed by atoms with van der Waals surface area (Å²) in [4.78, 5) is 4.85. The molecule has 0 N–H and O–H groups in total. The van der Waals surface area contributed by atoms with Crippen LogP contribution in [0.4, 0.5) is 0 Å². The maximum atomic E-state index is 5.55. The van der Waals surface area contributed by atoms with Crippen LogP contribution in [0.15, 0.2) is 72.8 Å². The van der Waals surface area contributed by atoms with Crippen LogP contribution in [-0.2, 0) is 7.05 Å². The molecule has 1 aromatic heterocycles. The predicted molar refractivity (Wildman–Crippen MR) is 98.1 cm³/mol. The minimum atomic E-state index is 0.865. The Bertz CT molecular complexity index is 1020. The van der Waals surface area contributed by atoms with Gasteiger partial charge in [0, 0.05) is 18.2 Å². The molecule has 4 aromatic rings. The van der Waals surface area contributed by atoms with Gasteiger partial charge in [-0.05, 0) is 23.8 Å². The van der Waals surface area contributed by atoms with Crippen molar-refractivity contribution in [3.05, 3.63) is 72.8 Å². The van der Waals surface area contributed by atoms with Gasteiger partial charge in [-0.3, -0.25) is 0 Å². The SMILES string of the molecule is COc1ccccc1-c1ccccc1-c1nc2ccccc2n1C. The third-order valence-corrected chi connectivity index (χ3v) is 4.35. The highest BCUT2D eigenvalue weighted by atomic mass is 16.5. The van der Waals surface area contributed by atoms with Gasteiger partial charge >= 0.3 is 0 Å². The van der Waals surface area contributed by atoms with E-state index < -0.39 is 0 Å². The van der Waals surface area contributed by atoms with Crippen molar-refractivity contribution in [2.75, 3.05) is 7.11 Å². The number of aryl methyl sites for hydroxylation is 1. The monoisotopic (exact) mass is 314 g/mol. The van der Waals surface area contributed by atoms with Crippen LogP contribution < -0.4 is 4.74 Å². The molecule has 0 saturated carbocycles. The number of methoxy groups -OCH3 is 1. The van der Waals surface area contributed by atoms with Gasteiger partial charge in [-0.2, -0.15) is 0 Å². The summed E-state index contributed by atoms with van der Waals surface area (Å²) in [6.45, 7) is 0. The van der Waals surface area contributed by atoms with Crippen molar-refractivity contribution < 1.29 is 4.74 Å². The lowest BCUT2D eigenvalue weighted by atomic mass is 9.98. The standard InChI is InChI=1S/C21H18N2O/c1-23-19-13-7-6-12-18(19)22-21(23)17-11-4-3-9-15(17)16-10-5-8-14-20(16)24-2/h3-14H,1-2H3. The summed E-state index contributed by atoms with van der Waals surface area (Å²) in [5.74, 6) is 1.82. The number of rotatable bonds is 3. The number of para-hydroxylation sites is 3. The van der Waals surface area contributed by atoms with Crippen LogP contribution in [0.25, 0.3) is 33.5 Å². The average molecular weight is 314 g/mol. The third kappa shape index (κ3) is 2.26. The Balaban J connectivity index is 1.98. The van der Waals surface area contributed by atoms with Crippen LogP contribution in [0.3, 0.4) is 0 Å². The molecule has 0 saturated heterocycles. The Morgan fingerprint density at radius 1 is 0.750 bits per heavy atom. The van der Waals surface area contributed by atoms with E-state index in [0.717, 1.165) is 39.3 Å². The lowest BCUT2D eigenvalue weighted by Crippen LogP contribution is -1.95. The van der Waals surface area contributed by atoms with E-state index in [1.165, 1.54) is 0 Å². The van der Waals surface area contributed by atoms with Gasteiger partial charge in [0.25, 0.3) is 0 Å². The molecule has 3 aromatic carbocycles. The highest BCUT2D eigenvalue weighted by molar-refractivity contribution is 5.88. The molecule has 4 rings (SSSR count). The van der Waals surface area contributed by atoms with E-state index in [1.54, 1.807) is 7.11 Å². The van der Waals surface area contributed by atoms with Gasteiger partial charge in [-0.25, -0.2) is 4.98 Å². The number of hydrogen-bond donors (Lipinski definition) is 0. The zero-order valence-corrected chi connectivity index (χ0v) is 13.7. The quantitative estimate of drug-likeness (QED) is 0.537. The predicted octanol–water partition coefficient (Wildman–Crippen LogP) is 4.92. The molecule has 0 fully saturated rings. The van der Waals surface area contributed by atoms with E-state index in [2.05, 4.69) is 35.9 Å². The molecular weight excluding hydrogens is 296 g/mol. The second-order valence-corrected chi connectivity index (χ2v) is 5.73. The van der Waals surface area contributed by atoms with Gasteiger partial charge in [-0.15, -0.1) is 0 Å². The topological polar surface area (TPSA) is 27.1 Å². The highest BCUT2D eigenvalue weighted by Gasteiger charge is 2.15. The van der Waals surface area contributed by atoms with E-state index in [-0.39, 0.29) is 0 Å². The smallest absolute Gasteiger partial charge is 0.141 e. The molecule has 0 aliphatic rings. The van der Waals surface area contributed by atoms with Crippen LogP contribution in [-0.4, -0.2) is 16.7 Å². The van der Waals surface area contributed by atoms with Crippen molar-refractivity contribution in [2.45, 2.75) is 0 Å². The second kappa shape index (κ2) is 5.85. The number of hydrogen-bond acceptors (Lipinski definition) is 2. The van der Waals surface area contributed by atoms with Crippen molar-refractivity contribution in [1.29, 1.82) is 0 Å². The average Bonchev–Trinajstić information content (AvgIpc) is 2.98. The zero-order valence-electron chi connectivity index (χ0n) is 13.7. The first-order valence-electron chi connectivity index (χ1n) is 7.94. The Labute approximate surface area is 141 Å². The van der Waals surface area contributed by atoms with E-state index >= 15 is 0 Å². The van der Waals surface area contributed by atoms with Crippen LogP contribution >= 0.6 is 0 Å². The Morgan fingerprint density at radius 2 is 1.38 bits per heavy atom. The van der Waals surface area contributed by atoms with E-state index in [0.29, 0.717) is 0 Å². The number of ether oxygens (including phenoxy) is 1. The van der Waals surface area contributed by atoms with Crippen molar-refractivity contribution >= 4 is 11.0 Å². The van der Waals surface area contributed by atoms with Crippen molar-refractivity contribution in [1.82, 2.24) is 9.55 Å². The molecule has 0 amide bonds. The molecule has 3 heteroatoms. The summed E-state index contributed by atoms with van der Waals surface area (Å²) in [6.07, 6.45) is 0. The molecule has 0 aliphatic carbocycles. The normalized spacial score (nSPS) is 10.9. The maximum absolute atomic E-state index is 5.55. The Kier molecular flexibility index (Phi) is 3.54. The fourth-order valence-corrected chi connectivity index (χ4v) is 3.17. The minimum Gasteiger partial charge on any atom is -0.496 e. The van der Waals surface area contributed by atoms with Gasteiger partial charge in [0.05, 0.1) is 18.1 Å². The summed E-state index contributed by atoms with van der Waals surface area (Å²) in [5.41, 5.74) is 5.42. The first-order valence-corrected chi connectivity index (χ1v) is 7.94.